The van der Waals surface area contributed by atoms with Gasteiger partial charge in [-0.15, -0.1) is 0 Å². The van der Waals surface area contributed by atoms with E-state index in [1.165, 1.54) is 12.8 Å². The molecule has 2 rings (SSSR count). The third kappa shape index (κ3) is 3.25. The molecule has 1 aromatic rings. The highest BCUT2D eigenvalue weighted by Crippen LogP contribution is 2.27. The molecule has 1 aliphatic carbocycles. The second-order valence-corrected chi connectivity index (χ2v) is 6.04. The SMILES string of the molecule is NC1CCCC(Nc2ccc(I)cc2Cl)C1. The largest absolute Gasteiger partial charge is 0.381 e. The first-order valence-electron chi connectivity index (χ1n) is 5.62. The van der Waals surface area contributed by atoms with E-state index in [2.05, 4.69) is 34.0 Å². The van der Waals surface area contributed by atoms with E-state index in [0.29, 0.717) is 12.1 Å². The van der Waals surface area contributed by atoms with Crippen LogP contribution in [0.1, 0.15) is 25.7 Å². The smallest absolute Gasteiger partial charge is 0.0648 e. The van der Waals surface area contributed by atoms with Crippen molar-refractivity contribution in [2.45, 2.75) is 37.8 Å². The van der Waals surface area contributed by atoms with Gasteiger partial charge in [0, 0.05) is 15.7 Å². The van der Waals surface area contributed by atoms with Gasteiger partial charge in [0.05, 0.1) is 10.7 Å². The van der Waals surface area contributed by atoms with Crippen molar-refractivity contribution in [1.82, 2.24) is 0 Å². The van der Waals surface area contributed by atoms with Crippen LogP contribution in [0.25, 0.3) is 0 Å². The molecule has 2 unspecified atom stereocenters. The topological polar surface area (TPSA) is 38.0 Å². The van der Waals surface area contributed by atoms with Gasteiger partial charge in [-0.05, 0) is 66.5 Å². The van der Waals surface area contributed by atoms with E-state index in [1.54, 1.807) is 0 Å². The number of anilines is 1. The predicted octanol–water partition coefficient (Wildman–Crippen LogP) is 3.63. The Labute approximate surface area is 115 Å². The lowest BCUT2D eigenvalue weighted by Gasteiger charge is -2.28. The molecule has 0 radical (unpaired) electrons. The Balaban J connectivity index is 2.02. The summed E-state index contributed by atoms with van der Waals surface area (Å²) in [5.41, 5.74) is 7.00. The first-order valence-corrected chi connectivity index (χ1v) is 7.08. The van der Waals surface area contributed by atoms with Crippen molar-refractivity contribution < 1.29 is 0 Å². The Bertz CT molecular complexity index is 370. The molecule has 4 heteroatoms. The van der Waals surface area contributed by atoms with Gasteiger partial charge in [-0.2, -0.15) is 0 Å². The zero-order valence-corrected chi connectivity index (χ0v) is 12.0. The molecule has 0 saturated heterocycles. The van der Waals surface area contributed by atoms with Crippen LogP contribution in [0.3, 0.4) is 0 Å². The molecule has 0 bridgehead atoms. The lowest BCUT2D eigenvalue weighted by Crippen LogP contribution is -2.34. The highest BCUT2D eigenvalue weighted by Gasteiger charge is 2.19. The summed E-state index contributed by atoms with van der Waals surface area (Å²) in [6.45, 7) is 0. The third-order valence-corrected chi connectivity index (χ3v) is 3.99. The summed E-state index contributed by atoms with van der Waals surface area (Å²) in [4.78, 5) is 0. The third-order valence-electron chi connectivity index (χ3n) is 3.01. The Morgan fingerprint density at radius 3 is 2.88 bits per heavy atom. The number of nitrogens with two attached hydrogens (primary N) is 1. The molecule has 2 nitrogen and oxygen atoms in total. The summed E-state index contributed by atoms with van der Waals surface area (Å²) in [7, 11) is 0. The second kappa shape index (κ2) is 5.56. The molecule has 0 amide bonds. The molecular formula is C12H16ClIN2. The number of benzene rings is 1. The predicted molar refractivity (Wildman–Crippen MR) is 78.0 cm³/mol. The fraction of sp³-hybridized carbons (Fsp3) is 0.500. The Morgan fingerprint density at radius 1 is 1.38 bits per heavy atom. The second-order valence-electron chi connectivity index (χ2n) is 4.39. The van der Waals surface area contributed by atoms with Crippen molar-refractivity contribution in [3.8, 4) is 0 Å². The van der Waals surface area contributed by atoms with Gasteiger partial charge in [0.2, 0.25) is 0 Å². The van der Waals surface area contributed by atoms with Crippen LogP contribution in [0.2, 0.25) is 5.02 Å². The standard InChI is InChI=1S/C12H16ClIN2/c13-11-6-8(14)4-5-12(11)16-10-3-1-2-9(15)7-10/h4-6,9-10,16H,1-3,7,15H2. The lowest BCUT2D eigenvalue weighted by molar-refractivity contribution is 0.409. The molecule has 1 fully saturated rings. The van der Waals surface area contributed by atoms with Crippen LogP contribution in [0.4, 0.5) is 5.69 Å². The van der Waals surface area contributed by atoms with Crippen LogP contribution in [0.15, 0.2) is 18.2 Å². The molecule has 1 aromatic carbocycles. The molecule has 0 spiro atoms. The maximum atomic E-state index is 6.19. The first kappa shape index (κ1) is 12.5. The van der Waals surface area contributed by atoms with E-state index in [1.807, 2.05) is 12.1 Å². The van der Waals surface area contributed by atoms with Crippen molar-refractivity contribution in [2.75, 3.05) is 5.32 Å². The normalized spacial score (nSPS) is 25.4. The minimum atomic E-state index is 0.342. The molecule has 0 heterocycles. The number of nitrogens with one attached hydrogen (secondary N) is 1. The van der Waals surface area contributed by atoms with E-state index in [0.717, 1.165) is 27.1 Å². The van der Waals surface area contributed by atoms with Crippen LogP contribution < -0.4 is 11.1 Å². The van der Waals surface area contributed by atoms with Crippen LogP contribution in [-0.4, -0.2) is 12.1 Å². The highest BCUT2D eigenvalue weighted by molar-refractivity contribution is 14.1. The van der Waals surface area contributed by atoms with Crippen molar-refractivity contribution in [3.63, 3.8) is 0 Å². The molecule has 1 saturated carbocycles. The summed E-state index contributed by atoms with van der Waals surface area (Å²) >= 11 is 8.45. The molecule has 1 aliphatic rings. The van der Waals surface area contributed by atoms with Crippen molar-refractivity contribution >= 4 is 39.9 Å². The zero-order chi connectivity index (χ0) is 11.5. The highest BCUT2D eigenvalue weighted by atomic mass is 127. The maximum absolute atomic E-state index is 6.19. The minimum Gasteiger partial charge on any atom is -0.381 e. The summed E-state index contributed by atoms with van der Waals surface area (Å²) in [6.07, 6.45) is 4.59. The number of hydrogen-bond acceptors (Lipinski definition) is 2. The zero-order valence-electron chi connectivity index (χ0n) is 9.05. The average Bonchev–Trinajstić information content (AvgIpc) is 2.22. The number of hydrogen-bond donors (Lipinski definition) is 2. The Morgan fingerprint density at radius 2 is 2.19 bits per heavy atom. The van der Waals surface area contributed by atoms with E-state index in [9.17, 15) is 0 Å². The summed E-state index contributed by atoms with van der Waals surface area (Å²) in [5.74, 6) is 0. The molecule has 88 valence electrons. The summed E-state index contributed by atoms with van der Waals surface area (Å²) in [5, 5.41) is 4.29. The molecule has 0 aliphatic heterocycles. The maximum Gasteiger partial charge on any atom is 0.0648 e. The van der Waals surface area contributed by atoms with Gasteiger partial charge in [0.15, 0.2) is 0 Å². The summed E-state index contributed by atoms with van der Waals surface area (Å²) in [6, 6.07) is 6.91. The van der Waals surface area contributed by atoms with E-state index in [-0.39, 0.29) is 0 Å². The molecular weight excluding hydrogens is 335 g/mol. The van der Waals surface area contributed by atoms with Crippen LogP contribution in [0, 0.1) is 3.57 Å². The first-order chi connectivity index (χ1) is 7.65. The van der Waals surface area contributed by atoms with Gasteiger partial charge >= 0.3 is 0 Å². The lowest BCUT2D eigenvalue weighted by atomic mass is 9.91. The minimum absolute atomic E-state index is 0.342. The van der Waals surface area contributed by atoms with Gasteiger partial charge in [-0.25, -0.2) is 0 Å². The van der Waals surface area contributed by atoms with Crippen molar-refractivity contribution in [3.05, 3.63) is 26.8 Å². The molecule has 3 N–H and O–H groups in total. The average molecular weight is 351 g/mol. The van der Waals surface area contributed by atoms with E-state index >= 15 is 0 Å². The fourth-order valence-electron chi connectivity index (χ4n) is 2.19. The van der Waals surface area contributed by atoms with Crippen LogP contribution >= 0.6 is 34.2 Å². The quantitative estimate of drug-likeness (QED) is 0.799. The Kier molecular flexibility index (Phi) is 4.33. The Hall–Kier alpha value is -0.0000000000000000555. The van der Waals surface area contributed by atoms with Gasteiger partial charge in [0.1, 0.15) is 0 Å². The van der Waals surface area contributed by atoms with E-state index in [4.69, 9.17) is 17.3 Å². The molecule has 2 atom stereocenters. The van der Waals surface area contributed by atoms with Gasteiger partial charge in [-0.3, -0.25) is 0 Å². The monoisotopic (exact) mass is 350 g/mol. The molecule has 16 heavy (non-hydrogen) atoms. The summed E-state index contributed by atoms with van der Waals surface area (Å²) < 4.78 is 1.16. The number of halogens is 2. The van der Waals surface area contributed by atoms with Crippen molar-refractivity contribution in [2.24, 2.45) is 5.73 Å². The van der Waals surface area contributed by atoms with Gasteiger partial charge in [0.25, 0.3) is 0 Å². The number of rotatable bonds is 2. The van der Waals surface area contributed by atoms with Gasteiger partial charge in [-0.1, -0.05) is 11.6 Å². The van der Waals surface area contributed by atoms with E-state index < -0.39 is 0 Å². The van der Waals surface area contributed by atoms with Crippen LogP contribution in [-0.2, 0) is 0 Å². The fourth-order valence-corrected chi connectivity index (χ4v) is 3.10. The van der Waals surface area contributed by atoms with Crippen molar-refractivity contribution in [1.29, 1.82) is 0 Å². The van der Waals surface area contributed by atoms with Gasteiger partial charge < -0.3 is 11.1 Å². The van der Waals surface area contributed by atoms with Crippen LogP contribution in [0.5, 0.6) is 0 Å². The molecule has 0 aromatic heterocycles.